The fraction of sp³-hybridized carbons (Fsp3) is 0.562. The number of rotatable bonds is 5. The number of nitrogens with one attached hydrogen (secondary N) is 1. The van der Waals surface area contributed by atoms with Crippen LogP contribution < -0.4 is 10.1 Å². The third-order valence-electron chi connectivity index (χ3n) is 4.10. The zero-order chi connectivity index (χ0) is 17.7. The van der Waals surface area contributed by atoms with Gasteiger partial charge in [-0.1, -0.05) is 24.6 Å². The number of aliphatic hydroxyl groups is 1. The summed E-state index contributed by atoms with van der Waals surface area (Å²) in [5.41, 5.74) is 0.234. The lowest BCUT2D eigenvalue weighted by Gasteiger charge is -2.23. The van der Waals surface area contributed by atoms with E-state index < -0.39 is 18.5 Å². The zero-order valence-corrected chi connectivity index (χ0v) is 13.3. The average Bonchev–Trinajstić information content (AvgIpc) is 2.89. The Balaban J connectivity index is 1.89. The molecule has 2 unspecified atom stereocenters. The van der Waals surface area contributed by atoms with Gasteiger partial charge in [0.1, 0.15) is 5.75 Å². The van der Waals surface area contributed by atoms with Crippen LogP contribution in [0.15, 0.2) is 24.3 Å². The van der Waals surface area contributed by atoms with E-state index in [1.807, 2.05) is 0 Å². The van der Waals surface area contributed by atoms with Gasteiger partial charge in [-0.05, 0) is 18.9 Å². The van der Waals surface area contributed by atoms with Gasteiger partial charge in [0.15, 0.2) is 0 Å². The molecule has 5 nitrogen and oxygen atoms in total. The van der Waals surface area contributed by atoms with Crippen LogP contribution in [-0.2, 0) is 6.54 Å². The lowest BCUT2D eigenvalue weighted by Crippen LogP contribution is -2.41. The molecule has 1 aliphatic carbocycles. The van der Waals surface area contributed by atoms with Gasteiger partial charge in [-0.2, -0.15) is 0 Å². The van der Waals surface area contributed by atoms with E-state index >= 15 is 0 Å². The van der Waals surface area contributed by atoms with Crippen LogP contribution in [0.25, 0.3) is 0 Å². The van der Waals surface area contributed by atoms with Gasteiger partial charge < -0.3 is 20.1 Å². The van der Waals surface area contributed by atoms with Crippen molar-refractivity contribution in [3.05, 3.63) is 29.8 Å². The predicted octanol–water partition coefficient (Wildman–Crippen LogP) is 2.89. The first-order valence-electron chi connectivity index (χ1n) is 7.77. The van der Waals surface area contributed by atoms with Crippen molar-refractivity contribution in [1.82, 2.24) is 10.2 Å². The number of nitrogens with zero attached hydrogens (tertiary/aromatic N) is 1. The maximum absolute atomic E-state index is 12.4. The monoisotopic (exact) mass is 346 g/mol. The number of carbonyl (C=O) groups excluding carboxylic acids is 1. The van der Waals surface area contributed by atoms with E-state index in [1.165, 1.54) is 23.1 Å². The van der Waals surface area contributed by atoms with Gasteiger partial charge in [-0.15, -0.1) is 13.2 Å². The fourth-order valence-corrected chi connectivity index (χ4v) is 2.84. The topological polar surface area (TPSA) is 61.8 Å². The van der Waals surface area contributed by atoms with Crippen LogP contribution >= 0.6 is 0 Å². The molecule has 0 aromatic heterocycles. The van der Waals surface area contributed by atoms with Crippen molar-refractivity contribution in [2.75, 3.05) is 13.6 Å². The van der Waals surface area contributed by atoms with E-state index in [-0.39, 0.29) is 23.8 Å². The van der Waals surface area contributed by atoms with Gasteiger partial charge in [0, 0.05) is 31.6 Å². The molecule has 8 heteroatoms. The second-order valence-electron chi connectivity index (χ2n) is 5.95. The molecule has 0 radical (unpaired) electrons. The number of amides is 2. The molecule has 0 aliphatic heterocycles. The molecule has 1 saturated carbocycles. The summed E-state index contributed by atoms with van der Waals surface area (Å²) in [5.74, 6) is -0.291. The SMILES string of the molecule is CN(CC1CCCC1O)C(=O)NCc1ccccc1OC(F)(F)F. The summed E-state index contributed by atoms with van der Waals surface area (Å²) >= 11 is 0. The normalized spacial score (nSPS) is 20.7. The van der Waals surface area contributed by atoms with Crippen LogP contribution in [0, 0.1) is 5.92 Å². The van der Waals surface area contributed by atoms with Crippen LogP contribution in [0.5, 0.6) is 5.75 Å². The summed E-state index contributed by atoms with van der Waals surface area (Å²) in [7, 11) is 1.60. The molecular weight excluding hydrogens is 325 g/mol. The molecule has 2 amide bonds. The minimum Gasteiger partial charge on any atom is -0.405 e. The van der Waals surface area contributed by atoms with Crippen molar-refractivity contribution in [2.45, 2.75) is 38.3 Å². The Hall–Kier alpha value is -1.96. The summed E-state index contributed by atoms with van der Waals surface area (Å²) in [6.07, 6.45) is -2.65. The molecule has 0 saturated heterocycles. The fourth-order valence-electron chi connectivity index (χ4n) is 2.84. The van der Waals surface area contributed by atoms with Crippen molar-refractivity contribution in [2.24, 2.45) is 5.92 Å². The molecular formula is C16H21F3N2O3. The largest absolute Gasteiger partial charge is 0.573 e. The van der Waals surface area contributed by atoms with Crippen molar-refractivity contribution in [1.29, 1.82) is 0 Å². The lowest BCUT2D eigenvalue weighted by molar-refractivity contribution is -0.274. The number of carbonyl (C=O) groups is 1. The van der Waals surface area contributed by atoms with Gasteiger partial charge in [0.25, 0.3) is 0 Å². The number of hydrogen-bond acceptors (Lipinski definition) is 3. The first-order valence-corrected chi connectivity index (χ1v) is 7.77. The first kappa shape index (κ1) is 18.4. The molecule has 2 atom stereocenters. The third kappa shape index (κ3) is 5.30. The van der Waals surface area contributed by atoms with Crippen LogP contribution in [0.3, 0.4) is 0 Å². The highest BCUT2D eigenvalue weighted by Gasteiger charge is 2.32. The number of urea groups is 1. The Morgan fingerprint density at radius 3 is 2.71 bits per heavy atom. The smallest absolute Gasteiger partial charge is 0.405 e. The number of halogens is 3. The van der Waals surface area contributed by atoms with Gasteiger partial charge in [0.05, 0.1) is 6.10 Å². The van der Waals surface area contributed by atoms with Crippen molar-refractivity contribution in [3.63, 3.8) is 0 Å². The van der Waals surface area contributed by atoms with E-state index in [9.17, 15) is 23.1 Å². The van der Waals surface area contributed by atoms with Crippen molar-refractivity contribution < 1.29 is 27.8 Å². The Bertz CT molecular complexity index is 566. The highest BCUT2D eigenvalue weighted by molar-refractivity contribution is 5.73. The second-order valence-corrected chi connectivity index (χ2v) is 5.95. The maximum atomic E-state index is 12.4. The summed E-state index contributed by atoms with van der Waals surface area (Å²) < 4.78 is 41.1. The molecule has 1 fully saturated rings. The first-order chi connectivity index (χ1) is 11.3. The molecule has 0 spiro atoms. The predicted molar refractivity (Wildman–Crippen MR) is 81.3 cm³/mol. The third-order valence-corrected chi connectivity index (χ3v) is 4.10. The lowest BCUT2D eigenvalue weighted by atomic mass is 10.1. The van der Waals surface area contributed by atoms with Crippen LogP contribution in [0.4, 0.5) is 18.0 Å². The standard InChI is InChI=1S/C16H21F3N2O3/c1-21(10-12-6-4-7-13(12)22)15(23)20-9-11-5-2-3-8-14(11)24-16(17,18)19/h2-3,5,8,12-13,22H,4,6-7,9-10H2,1H3,(H,20,23). The number of alkyl halides is 3. The Morgan fingerprint density at radius 2 is 2.08 bits per heavy atom. The molecule has 0 bridgehead atoms. The van der Waals surface area contributed by atoms with Crippen LogP contribution in [0.2, 0.25) is 0 Å². The summed E-state index contributed by atoms with van der Waals surface area (Å²) in [4.78, 5) is 13.5. The van der Waals surface area contributed by atoms with E-state index in [0.29, 0.717) is 6.54 Å². The van der Waals surface area contributed by atoms with Crippen molar-refractivity contribution >= 4 is 6.03 Å². The van der Waals surface area contributed by atoms with Crippen LogP contribution in [-0.4, -0.2) is 42.1 Å². The zero-order valence-electron chi connectivity index (χ0n) is 13.3. The maximum Gasteiger partial charge on any atom is 0.573 e. The molecule has 2 rings (SSSR count). The molecule has 1 aromatic rings. The molecule has 24 heavy (non-hydrogen) atoms. The Kier molecular flexibility index (Phi) is 5.93. The summed E-state index contributed by atoms with van der Waals surface area (Å²) in [6.45, 7) is 0.330. The number of aliphatic hydroxyl groups excluding tert-OH is 1. The van der Waals surface area contributed by atoms with Gasteiger partial charge >= 0.3 is 12.4 Å². The molecule has 0 heterocycles. The number of hydrogen-bond donors (Lipinski definition) is 2. The second kappa shape index (κ2) is 7.74. The quantitative estimate of drug-likeness (QED) is 0.862. The van der Waals surface area contributed by atoms with Gasteiger partial charge in [0.2, 0.25) is 0 Å². The minimum absolute atomic E-state index is 0.0431. The highest BCUT2D eigenvalue weighted by atomic mass is 19.4. The highest BCUT2D eigenvalue weighted by Crippen LogP contribution is 2.27. The number of ether oxygens (including phenoxy) is 1. The van der Waals surface area contributed by atoms with E-state index in [0.717, 1.165) is 19.3 Å². The molecule has 2 N–H and O–H groups in total. The van der Waals surface area contributed by atoms with E-state index in [2.05, 4.69) is 10.1 Å². The Morgan fingerprint density at radius 1 is 1.38 bits per heavy atom. The van der Waals surface area contributed by atoms with Crippen LogP contribution in [0.1, 0.15) is 24.8 Å². The van der Waals surface area contributed by atoms with Gasteiger partial charge in [-0.3, -0.25) is 0 Å². The van der Waals surface area contributed by atoms with Gasteiger partial charge in [-0.25, -0.2) is 4.79 Å². The molecule has 1 aliphatic rings. The minimum atomic E-state index is -4.78. The average molecular weight is 346 g/mol. The molecule has 1 aromatic carbocycles. The summed E-state index contributed by atoms with van der Waals surface area (Å²) in [5, 5.41) is 12.4. The number of benzene rings is 1. The van der Waals surface area contributed by atoms with Crippen molar-refractivity contribution in [3.8, 4) is 5.75 Å². The molecule has 134 valence electrons. The van der Waals surface area contributed by atoms with E-state index in [4.69, 9.17) is 0 Å². The summed E-state index contributed by atoms with van der Waals surface area (Å²) in [6, 6.07) is 5.26. The van der Waals surface area contributed by atoms with E-state index in [1.54, 1.807) is 13.1 Å². The Labute approximate surface area is 138 Å². The number of para-hydroxylation sites is 1.